The molecule has 0 aromatic heterocycles. The van der Waals surface area contributed by atoms with Crippen LogP contribution in [0.4, 0.5) is 10.5 Å². The fraction of sp³-hybridized carbons (Fsp3) is 0.222. The number of benzene rings is 2. The number of halogens is 1. The summed E-state index contributed by atoms with van der Waals surface area (Å²) >= 11 is 5.85. The van der Waals surface area contributed by atoms with Crippen molar-refractivity contribution in [2.75, 3.05) is 0 Å². The molecule has 2 rings (SSSR count). The van der Waals surface area contributed by atoms with Crippen LogP contribution in [0.25, 0.3) is 0 Å². The van der Waals surface area contributed by atoms with Gasteiger partial charge in [-0.2, -0.15) is 0 Å². The van der Waals surface area contributed by atoms with Crippen LogP contribution < -0.4 is 11.1 Å². The van der Waals surface area contributed by atoms with Gasteiger partial charge in [0.2, 0.25) is 0 Å². The number of non-ortho nitro benzene ring substituents is 1. The zero-order valence-electron chi connectivity index (χ0n) is 14.4. The van der Waals surface area contributed by atoms with Gasteiger partial charge in [0.05, 0.1) is 17.4 Å². The van der Waals surface area contributed by atoms with Crippen molar-refractivity contribution in [3.05, 3.63) is 74.8 Å². The van der Waals surface area contributed by atoms with E-state index in [1.165, 1.54) is 18.2 Å². The average Bonchev–Trinajstić information content (AvgIpc) is 2.61. The molecule has 2 atom stereocenters. The predicted octanol–water partition coefficient (Wildman–Crippen LogP) is 3.65. The van der Waals surface area contributed by atoms with E-state index in [-0.39, 0.29) is 12.1 Å². The number of nitro groups is 1. The van der Waals surface area contributed by atoms with Crippen molar-refractivity contribution in [3.8, 4) is 0 Å². The van der Waals surface area contributed by atoms with Crippen molar-refractivity contribution in [2.24, 2.45) is 5.73 Å². The van der Waals surface area contributed by atoms with E-state index in [1.807, 2.05) is 0 Å². The second-order valence-corrected chi connectivity index (χ2v) is 6.24. The summed E-state index contributed by atoms with van der Waals surface area (Å²) in [5, 5.41) is 13.9. The van der Waals surface area contributed by atoms with Crippen molar-refractivity contribution >= 4 is 29.3 Å². The number of primary amides is 1. The quantitative estimate of drug-likeness (QED) is 0.423. The van der Waals surface area contributed by atoms with E-state index in [4.69, 9.17) is 22.1 Å². The lowest BCUT2D eigenvalue weighted by atomic mass is 10.0. The summed E-state index contributed by atoms with van der Waals surface area (Å²) in [7, 11) is 0. The monoisotopic (exact) mass is 391 g/mol. The number of nitrogens with one attached hydrogen (secondary N) is 1. The molecule has 142 valence electrons. The highest BCUT2D eigenvalue weighted by molar-refractivity contribution is 6.30. The lowest BCUT2D eigenvalue weighted by molar-refractivity contribution is -0.385. The van der Waals surface area contributed by atoms with Crippen LogP contribution in [-0.2, 0) is 9.53 Å². The maximum atomic E-state index is 12.3. The van der Waals surface area contributed by atoms with Crippen molar-refractivity contribution in [1.82, 2.24) is 5.32 Å². The molecule has 0 unspecified atom stereocenters. The van der Waals surface area contributed by atoms with Gasteiger partial charge in [0, 0.05) is 17.2 Å². The molecule has 2 amide bonds. The molecule has 9 heteroatoms. The van der Waals surface area contributed by atoms with Gasteiger partial charge in [-0.25, -0.2) is 4.79 Å². The van der Waals surface area contributed by atoms with Crippen LogP contribution in [0.5, 0.6) is 0 Å². The molecule has 0 saturated carbocycles. The Morgan fingerprint density at radius 1 is 1.22 bits per heavy atom. The fourth-order valence-electron chi connectivity index (χ4n) is 2.49. The summed E-state index contributed by atoms with van der Waals surface area (Å²) < 4.78 is 5.35. The van der Waals surface area contributed by atoms with Crippen LogP contribution in [-0.4, -0.2) is 16.9 Å². The minimum Gasteiger partial charge on any atom is -0.458 e. The average molecular weight is 392 g/mol. The van der Waals surface area contributed by atoms with Crippen molar-refractivity contribution < 1.29 is 19.2 Å². The van der Waals surface area contributed by atoms with E-state index in [0.29, 0.717) is 16.1 Å². The van der Waals surface area contributed by atoms with E-state index in [2.05, 4.69) is 5.32 Å². The highest BCUT2D eigenvalue weighted by atomic mass is 35.5. The molecule has 0 bridgehead atoms. The first-order valence-corrected chi connectivity index (χ1v) is 8.39. The normalized spacial score (nSPS) is 12.7. The summed E-state index contributed by atoms with van der Waals surface area (Å²) in [4.78, 5) is 33.9. The van der Waals surface area contributed by atoms with Gasteiger partial charge in [0.25, 0.3) is 5.69 Å². The van der Waals surface area contributed by atoms with Crippen LogP contribution in [0.2, 0.25) is 5.02 Å². The largest absolute Gasteiger partial charge is 0.458 e. The molecule has 0 aliphatic carbocycles. The maximum Gasteiger partial charge on any atom is 0.312 e. The summed E-state index contributed by atoms with van der Waals surface area (Å²) in [6.45, 7) is 1.61. The second-order valence-electron chi connectivity index (χ2n) is 5.80. The molecule has 2 aromatic rings. The molecule has 0 aliphatic rings. The Morgan fingerprint density at radius 3 is 2.48 bits per heavy atom. The third kappa shape index (κ3) is 5.96. The Hall–Kier alpha value is -3.13. The van der Waals surface area contributed by atoms with Gasteiger partial charge in [0.15, 0.2) is 0 Å². The van der Waals surface area contributed by atoms with Crippen LogP contribution in [0, 0.1) is 10.1 Å². The lowest BCUT2D eigenvalue weighted by Gasteiger charge is -2.19. The van der Waals surface area contributed by atoms with Crippen LogP contribution >= 0.6 is 11.6 Å². The van der Waals surface area contributed by atoms with Gasteiger partial charge in [-0.05, 0) is 30.2 Å². The van der Waals surface area contributed by atoms with Gasteiger partial charge in [-0.15, -0.1) is 0 Å². The number of hydrogen-bond acceptors (Lipinski definition) is 5. The molecule has 0 saturated heterocycles. The number of hydrogen-bond donors (Lipinski definition) is 2. The number of ether oxygens (including phenoxy) is 1. The fourth-order valence-corrected chi connectivity index (χ4v) is 2.62. The van der Waals surface area contributed by atoms with E-state index in [0.717, 1.165) is 0 Å². The van der Waals surface area contributed by atoms with Crippen molar-refractivity contribution in [2.45, 2.75) is 25.5 Å². The summed E-state index contributed by atoms with van der Waals surface area (Å²) in [5.41, 5.74) is 6.22. The topological polar surface area (TPSA) is 125 Å². The number of rotatable bonds is 7. The van der Waals surface area contributed by atoms with E-state index in [9.17, 15) is 19.7 Å². The van der Waals surface area contributed by atoms with Crippen molar-refractivity contribution in [1.29, 1.82) is 0 Å². The SMILES string of the molecule is C[C@H](OC(=O)C[C@H](NC(N)=O)c1ccc(Cl)cc1)c1cccc([N+](=O)[O-])c1. The van der Waals surface area contributed by atoms with Gasteiger partial charge >= 0.3 is 12.0 Å². The highest BCUT2D eigenvalue weighted by Crippen LogP contribution is 2.24. The first-order chi connectivity index (χ1) is 12.8. The van der Waals surface area contributed by atoms with Gasteiger partial charge in [-0.3, -0.25) is 14.9 Å². The number of carbonyl (C=O) groups is 2. The number of amides is 2. The Balaban J connectivity index is 2.08. The first kappa shape index (κ1) is 20.2. The summed E-state index contributed by atoms with van der Waals surface area (Å²) in [6.07, 6.45) is -0.860. The number of esters is 1. The molecule has 27 heavy (non-hydrogen) atoms. The molecule has 3 N–H and O–H groups in total. The Labute approximate surface area is 160 Å². The molecular weight excluding hydrogens is 374 g/mol. The van der Waals surface area contributed by atoms with Crippen molar-refractivity contribution in [3.63, 3.8) is 0 Å². The molecular formula is C18H18ClN3O5. The third-order valence-corrected chi connectivity index (χ3v) is 4.07. The first-order valence-electron chi connectivity index (χ1n) is 8.01. The number of urea groups is 1. The molecule has 2 aromatic carbocycles. The van der Waals surface area contributed by atoms with Gasteiger partial charge in [0.1, 0.15) is 6.10 Å². The Bertz CT molecular complexity index is 841. The highest BCUT2D eigenvalue weighted by Gasteiger charge is 2.21. The Kier molecular flexibility index (Phi) is 6.73. The smallest absolute Gasteiger partial charge is 0.312 e. The van der Waals surface area contributed by atoms with Gasteiger partial charge in [-0.1, -0.05) is 35.9 Å². The molecule has 0 fully saturated rings. The number of nitro benzene ring substituents is 1. The molecule has 0 spiro atoms. The Morgan fingerprint density at radius 2 is 1.89 bits per heavy atom. The maximum absolute atomic E-state index is 12.3. The standard InChI is InChI=1S/C18H18ClN3O5/c1-11(13-3-2-4-15(9-13)22(25)26)27-17(23)10-16(21-18(20)24)12-5-7-14(19)8-6-12/h2-9,11,16H,10H2,1H3,(H3,20,21,24)/t11-,16-/m0/s1. The minimum atomic E-state index is -0.783. The van der Waals surface area contributed by atoms with E-state index in [1.54, 1.807) is 37.3 Å². The van der Waals surface area contributed by atoms with Gasteiger partial charge < -0.3 is 15.8 Å². The van der Waals surface area contributed by atoms with Crippen LogP contribution in [0.15, 0.2) is 48.5 Å². The summed E-state index contributed by atoms with van der Waals surface area (Å²) in [5.74, 6) is -0.595. The van der Waals surface area contributed by atoms with Crippen LogP contribution in [0.1, 0.15) is 36.6 Å². The molecule has 0 radical (unpaired) electrons. The predicted molar refractivity (Wildman–Crippen MR) is 99.1 cm³/mol. The lowest BCUT2D eigenvalue weighted by Crippen LogP contribution is -2.34. The molecule has 0 aliphatic heterocycles. The number of nitrogens with two attached hydrogens (primary N) is 1. The second kappa shape index (κ2) is 9.00. The summed E-state index contributed by atoms with van der Waals surface area (Å²) in [6, 6.07) is 11.0. The number of carbonyl (C=O) groups excluding carboxylic acids is 2. The molecule has 8 nitrogen and oxygen atoms in total. The zero-order valence-corrected chi connectivity index (χ0v) is 15.2. The minimum absolute atomic E-state index is 0.0927. The van der Waals surface area contributed by atoms with E-state index < -0.39 is 29.1 Å². The third-order valence-electron chi connectivity index (χ3n) is 3.82. The van der Waals surface area contributed by atoms with E-state index >= 15 is 0 Å². The van der Waals surface area contributed by atoms with Crippen LogP contribution in [0.3, 0.4) is 0 Å². The molecule has 0 heterocycles. The zero-order chi connectivity index (χ0) is 20.0. The number of nitrogens with zero attached hydrogens (tertiary/aromatic N) is 1.